The zero-order chi connectivity index (χ0) is 15.8. The van der Waals surface area contributed by atoms with Crippen LogP contribution < -0.4 is 0 Å². The van der Waals surface area contributed by atoms with Gasteiger partial charge in [-0.2, -0.15) is 0 Å². The van der Waals surface area contributed by atoms with Gasteiger partial charge in [0.05, 0.1) is 0 Å². The maximum Gasteiger partial charge on any atom is 0.698 e. The molecule has 0 atom stereocenters. The molecule has 0 aromatic heterocycles. The Morgan fingerprint density at radius 2 is 1.14 bits per heavy atom. The lowest BCUT2D eigenvalue weighted by Gasteiger charge is -1.99. The van der Waals surface area contributed by atoms with E-state index in [-0.39, 0.29) is 13.2 Å². The minimum atomic E-state index is -2.11. The second-order valence-corrected chi connectivity index (χ2v) is 7.19. The molecule has 22 heavy (non-hydrogen) atoms. The SMILES string of the molecule is CSc1ccc(CO[P+](=O)OCc2ccc(SC)cc2)cc1. The molecule has 116 valence electrons. The highest BCUT2D eigenvalue weighted by Gasteiger charge is 2.20. The van der Waals surface area contributed by atoms with Crippen molar-refractivity contribution >= 4 is 31.8 Å². The van der Waals surface area contributed by atoms with Gasteiger partial charge in [-0.3, -0.25) is 0 Å². The normalized spacial score (nSPS) is 10.6. The van der Waals surface area contributed by atoms with Gasteiger partial charge in [-0.25, -0.2) is 0 Å². The van der Waals surface area contributed by atoms with E-state index >= 15 is 0 Å². The quantitative estimate of drug-likeness (QED) is 0.461. The molecule has 0 aliphatic heterocycles. The Kier molecular flexibility index (Phi) is 7.43. The first-order valence-electron chi connectivity index (χ1n) is 6.70. The average molecular weight is 353 g/mol. The molecular weight excluding hydrogens is 335 g/mol. The van der Waals surface area contributed by atoms with Crippen LogP contribution in [-0.2, 0) is 26.8 Å². The summed E-state index contributed by atoms with van der Waals surface area (Å²) in [5.41, 5.74) is 1.96. The molecule has 0 heterocycles. The number of hydrogen-bond donors (Lipinski definition) is 0. The predicted molar refractivity (Wildman–Crippen MR) is 93.6 cm³/mol. The summed E-state index contributed by atoms with van der Waals surface area (Å²) >= 11 is 3.37. The van der Waals surface area contributed by atoms with Crippen LogP contribution in [0.25, 0.3) is 0 Å². The lowest BCUT2D eigenvalue weighted by molar-refractivity contribution is 0.213. The molecule has 0 fully saturated rings. The van der Waals surface area contributed by atoms with E-state index in [0.29, 0.717) is 0 Å². The average Bonchev–Trinajstić information content (AvgIpc) is 2.59. The smallest absolute Gasteiger partial charge is 0.130 e. The zero-order valence-electron chi connectivity index (χ0n) is 12.5. The van der Waals surface area contributed by atoms with Crippen LogP contribution in [0.4, 0.5) is 0 Å². The molecule has 0 saturated carbocycles. The third-order valence-corrected chi connectivity index (χ3v) is 5.16. The summed E-state index contributed by atoms with van der Waals surface area (Å²) < 4.78 is 22.2. The van der Waals surface area contributed by atoms with E-state index < -0.39 is 8.25 Å². The molecular formula is C16H18O3PS2+. The largest absolute Gasteiger partial charge is 0.698 e. The summed E-state index contributed by atoms with van der Waals surface area (Å²) in [6, 6.07) is 15.9. The van der Waals surface area contributed by atoms with Crippen LogP contribution in [0, 0.1) is 0 Å². The standard InChI is InChI=1S/C16H18O3PS2/c1-21-15-7-3-13(4-8-15)11-18-20(17)19-12-14-5-9-16(22-2)10-6-14/h3-10H,11-12H2,1-2H3/q+1. The second kappa shape index (κ2) is 9.33. The molecule has 2 aromatic rings. The third-order valence-electron chi connectivity index (χ3n) is 2.99. The van der Waals surface area contributed by atoms with Crippen LogP contribution in [-0.4, -0.2) is 12.5 Å². The maximum atomic E-state index is 11.7. The van der Waals surface area contributed by atoms with E-state index in [0.717, 1.165) is 11.1 Å². The molecule has 3 nitrogen and oxygen atoms in total. The van der Waals surface area contributed by atoms with Gasteiger partial charge in [0.1, 0.15) is 13.2 Å². The minimum absolute atomic E-state index is 0.287. The molecule has 2 rings (SSSR count). The fourth-order valence-corrected chi connectivity index (χ4v) is 3.14. The van der Waals surface area contributed by atoms with Crippen molar-refractivity contribution in [3.63, 3.8) is 0 Å². The van der Waals surface area contributed by atoms with Gasteiger partial charge in [0.2, 0.25) is 0 Å². The molecule has 0 unspecified atom stereocenters. The molecule has 2 aromatic carbocycles. The van der Waals surface area contributed by atoms with Crippen molar-refractivity contribution in [3.05, 3.63) is 59.7 Å². The van der Waals surface area contributed by atoms with Gasteiger partial charge >= 0.3 is 8.25 Å². The fraction of sp³-hybridized carbons (Fsp3) is 0.250. The number of benzene rings is 2. The van der Waals surface area contributed by atoms with Gasteiger partial charge in [-0.15, -0.1) is 32.6 Å². The summed E-state index contributed by atoms with van der Waals surface area (Å²) in [6.07, 6.45) is 4.06. The van der Waals surface area contributed by atoms with Crippen LogP contribution in [0.5, 0.6) is 0 Å². The Labute approximate surface area is 140 Å². The minimum Gasteiger partial charge on any atom is -0.130 e. The summed E-state index contributed by atoms with van der Waals surface area (Å²) in [6.45, 7) is 0.574. The van der Waals surface area contributed by atoms with Crippen LogP contribution in [0.1, 0.15) is 11.1 Å². The Morgan fingerprint density at radius 1 is 0.773 bits per heavy atom. The third kappa shape index (κ3) is 5.75. The Morgan fingerprint density at radius 3 is 1.45 bits per heavy atom. The van der Waals surface area contributed by atoms with Crippen molar-refractivity contribution in [3.8, 4) is 0 Å². The molecule has 0 radical (unpaired) electrons. The number of hydrogen-bond acceptors (Lipinski definition) is 5. The highest BCUT2D eigenvalue weighted by molar-refractivity contribution is 7.98. The highest BCUT2D eigenvalue weighted by atomic mass is 32.2. The van der Waals surface area contributed by atoms with E-state index in [1.54, 1.807) is 23.5 Å². The fourth-order valence-electron chi connectivity index (χ4n) is 1.74. The first kappa shape index (κ1) is 17.5. The van der Waals surface area contributed by atoms with Crippen LogP contribution >= 0.6 is 31.8 Å². The highest BCUT2D eigenvalue weighted by Crippen LogP contribution is 2.28. The lowest BCUT2D eigenvalue weighted by Crippen LogP contribution is -1.90. The van der Waals surface area contributed by atoms with Gasteiger partial charge < -0.3 is 0 Å². The molecule has 0 amide bonds. The van der Waals surface area contributed by atoms with Gasteiger partial charge in [0.25, 0.3) is 0 Å². The van der Waals surface area contributed by atoms with Crippen molar-refractivity contribution < 1.29 is 13.6 Å². The van der Waals surface area contributed by atoms with Gasteiger partial charge in [0, 0.05) is 14.4 Å². The van der Waals surface area contributed by atoms with Gasteiger partial charge in [-0.05, 0) is 47.9 Å². The van der Waals surface area contributed by atoms with Gasteiger partial charge in [0.15, 0.2) is 0 Å². The van der Waals surface area contributed by atoms with Crippen LogP contribution in [0.15, 0.2) is 58.3 Å². The summed E-state index contributed by atoms with van der Waals surface area (Å²) in [4.78, 5) is 2.39. The zero-order valence-corrected chi connectivity index (χ0v) is 15.0. The van der Waals surface area contributed by atoms with Crippen molar-refractivity contribution in [2.45, 2.75) is 23.0 Å². The lowest BCUT2D eigenvalue weighted by atomic mass is 10.2. The molecule has 0 aliphatic carbocycles. The molecule has 0 bridgehead atoms. The van der Waals surface area contributed by atoms with Crippen molar-refractivity contribution in [1.82, 2.24) is 0 Å². The molecule has 0 N–H and O–H groups in total. The first-order chi connectivity index (χ1) is 10.7. The Bertz CT molecular complexity index is 546. The molecule has 0 aliphatic rings. The topological polar surface area (TPSA) is 35.5 Å². The van der Waals surface area contributed by atoms with E-state index in [9.17, 15) is 4.57 Å². The van der Waals surface area contributed by atoms with Crippen molar-refractivity contribution in [1.29, 1.82) is 0 Å². The van der Waals surface area contributed by atoms with E-state index in [4.69, 9.17) is 9.05 Å². The monoisotopic (exact) mass is 353 g/mol. The van der Waals surface area contributed by atoms with Crippen LogP contribution in [0.3, 0.4) is 0 Å². The van der Waals surface area contributed by atoms with Crippen LogP contribution in [0.2, 0.25) is 0 Å². The Balaban J connectivity index is 1.74. The second-order valence-electron chi connectivity index (χ2n) is 4.47. The first-order valence-corrected chi connectivity index (χ1v) is 10.2. The van der Waals surface area contributed by atoms with Gasteiger partial charge in [-0.1, -0.05) is 24.3 Å². The molecule has 0 spiro atoms. The van der Waals surface area contributed by atoms with Crippen molar-refractivity contribution in [2.24, 2.45) is 0 Å². The molecule has 0 saturated heterocycles. The summed E-state index contributed by atoms with van der Waals surface area (Å²) in [5, 5.41) is 0. The number of thioether (sulfide) groups is 2. The Hall–Kier alpha value is -0.840. The summed E-state index contributed by atoms with van der Waals surface area (Å²) in [7, 11) is -2.11. The number of rotatable bonds is 8. The van der Waals surface area contributed by atoms with E-state index in [1.807, 2.05) is 61.0 Å². The van der Waals surface area contributed by atoms with Crippen molar-refractivity contribution in [2.75, 3.05) is 12.5 Å². The van der Waals surface area contributed by atoms with E-state index in [1.165, 1.54) is 9.79 Å². The predicted octanol–water partition coefficient (Wildman–Crippen LogP) is 5.52. The molecule has 6 heteroatoms. The van der Waals surface area contributed by atoms with E-state index in [2.05, 4.69) is 0 Å². The maximum absolute atomic E-state index is 11.7. The summed E-state index contributed by atoms with van der Waals surface area (Å²) in [5.74, 6) is 0.